The Labute approximate surface area is 162 Å². The molecule has 0 radical (unpaired) electrons. The lowest BCUT2D eigenvalue weighted by Crippen LogP contribution is -2.38. The number of benzene rings is 1. The Morgan fingerprint density at radius 2 is 2.00 bits per heavy atom. The third kappa shape index (κ3) is 3.23. The molecule has 0 unspecified atom stereocenters. The summed E-state index contributed by atoms with van der Waals surface area (Å²) in [5, 5.41) is 6.69. The van der Waals surface area contributed by atoms with Gasteiger partial charge in [0.05, 0.1) is 21.5 Å². The minimum atomic E-state index is -4.08. The van der Waals surface area contributed by atoms with Gasteiger partial charge in [-0.2, -0.15) is 8.78 Å². The van der Waals surface area contributed by atoms with Crippen LogP contribution in [0.1, 0.15) is 32.1 Å². The minimum absolute atomic E-state index is 0.0780. The van der Waals surface area contributed by atoms with Crippen LogP contribution in [0.15, 0.2) is 32.3 Å². The molecule has 0 saturated heterocycles. The van der Waals surface area contributed by atoms with Gasteiger partial charge in [-0.15, -0.1) is 5.10 Å². The van der Waals surface area contributed by atoms with Crippen molar-refractivity contribution in [2.24, 2.45) is 0 Å². The summed E-state index contributed by atoms with van der Waals surface area (Å²) in [4.78, 5) is 12.5. The van der Waals surface area contributed by atoms with E-state index in [4.69, 9.17) is 4.42 Å². The molecule has 2 heterocycles. The quantitative estimate of drug-likeness (QED) is 0.612. The van der Waals surface area contributed by atoms with E-state index in [0.717, 1.165) is 4.57 Å². The van der Waals surface area contributed by atoms with E-state index in [2.05, 4.69) is 14.9 Å². The molecule has 1 saturated carbocycles. The van der Waals surface area contributed by atoms with Crippen molar-refractivity contribution in [3.05, 3.63) is 34.6 Å². The van der Waals surface area contributed by atoms with Crippen molar-refractivity contribution in [1.29, 1.82) is 0 Å². The standard InChI is InChI=1S/C16H16F3N5O4S/c1-2-23-10-4-3-9(29(26,27)22-16(8-17)5-6-16)7-11(10)24(15(23)25)14-21-20-13(28-14)12(18)19/h3-4,7,12,22H,2,5-6,8H2,1H3. The van der Waals surface area contributed by atoms with E-state index < -0.39 is 46.3 Å². The first kappa shape index (κ1) is 19.6. The second-order valence-corrected chi connectivity index (χ2v) is 8.44. The number of sulfonamides is 1. The Bertz CT molecular complexity index is 1240. The van der Waals surface area contributed by atoms with Crippen LogP contribution >= 0.6 is 0 Å². The van der Waals surface area contributed by atoms with E-state index in [1.165, 1.54) is 22.8 Å². The van der Waals surface area contributed by atoms with Crippen LogP contribution in [0.5, 0.6) is 0 Å². The summed E-state index contributed by atoms with van der Waals surface area (Å²) in [5.41, 5.74) is -1.33. The number of hydrogen-bond acceptors (Lipinski definition) is 6. The summed E-state index contributed by atoms with van der Waals surface area (Å²) in [5.74, 6) is -0.964. The van der Waals surface area contributed by atoms with Crippen LogP contribution in [0.4, 0.5) is 13.2 Å². The van der Waals surface area contributed by atoms with Crippen molar-refractivity contribution >= 4 is 21.1 Å². The number of fused-ring (bicyclic) bond motifs is 1. The van der Waals surface area contributed by atoms with E-state index in [1.807, 2.05) is 0 Å². The van der Waals surface area contributed by atoms with Crippen LogP contribution in [0.3, 0.4) is 0 Å². The highest BCUT2D eigenvalue weighted by molar-refractivity contribution is 7.89. The molecule has 0 atom stereocenters. The summed E-state index contributed by atoms with van der Waals surface area (Å²) >= 11 is 0. The lowest BCUT2D eigenvalue weighted by Gasteiger charge is -2.13. The van der Waals surface area contributed by atoms with E-state index in [0.29, 0.717) is 18.4 Å². The van der Waals surface area contributed by atoms with Gasteiger partial charge in [-0.25, -0.2) is 26.9 Å². The highest BCUT2D eigenvalue weighted by atomic mass is 32.2. The molecular weight excluding hydrogens is 415 g/mol. The number of imidazole rings is 1. The Morgan fingerprint density at radius 3 is 2.55 bits per heavy atom. The van der Waals surface area contributed by atoms with Gasteiger partial charge in [0.15, 0.2) is 0 Å². The van der Waals surface area contributed by atoms with Crippen molar-refractivity contribution in [3.63, 3.8) is 0 Å². The normalized spacial score (nSPS) is 16.0. The predicted octanol–water partition coefficient (Wildman–Crippen LogP) is 1.91. The second kappa shape index (κ2) is 6.69. The van der Waals surface area contributed by atoms with Crippen LogP contribution in [-0.2, 0) is 16.6 Å². The molecule has 13 heteroatoms. The van der Waals surface area contributed by atoms with Crippen LogP contribution in [0.2, 0.25) is 0 Å². The highest BCUT2D eigenvalue weighted by Crippen LogP contribution is 2.37. The van der Waals surface area contributed by atoms with Crippen molar-refractivity contribution in [1.82, 2.24) is 24.1 Å². The van der Waals surface area contributed by atoms with Gasteiger partial charge < -0.3 is 4.42 Å². The van der Waals surface area contributed by atoms with Crippen molar-refractivity contribution < 1.29 is 26.0 Å². The fourth-order valence-electron chi connectivity index (χ4n) is 3.06. The Balaban J connectivity index is 1.88. The van der Waals surface area contributed by atoms with Crippen molar-refractivity contribution in [2.45, 2.75) is 43.2 Å². The molecule has 1 aromatic carbocycles. The molecule has 1 aliphatic rings. The van der Waals surface area contributed by atoms with Gasteiger partial charge in [0, 0.05) is 6.54 Å². The molecule has 9 nitrogen and oxygen atoms in total. The molecule has 29 heavy (non-hydrogen) atoms. The van der Waals surface area contributed by atoms with Gasteiger partial charge in [-0.05, 0) is 38.0 Å². The molecule has 1 fully saturated rings. The molecule has 2 aromatic heterocycles. The number of aryl methyl sites for hydroxylation is 1. The van der Waals surface area contributed by atoms with Gasteiger partial charge in [-0.3, -0.25) is 4.57 Å². The molecule has 3 aromatic rings. The van der Waals surface area contributed by atoms with Crippen LogP contribution in [0.25, 0.3) is 17.0 Å². The topological polar surface area (TPSA) is 112 Å². The number of nitrogens with one attached hydrogen (secondary N) is 1. The molecular formula is C16H16F3N5O4S. The maximum atomic E-state index is 13.1. The molecule has 1 N–H and O–H groups in total. The zero-order valence-corrected chi connectivity index (χ0v) is 15.9. The van der Waals surface area contributed by atoms with Gasteiger partial charge in [0.1, 0.15) is 6.67 Å². The van der Waals surface area contributed by atoms with Crippen molar-refractivity contribution in [2.75, 3.05) is 6.67 Å². The molecule has 0 aliphatic heterocycles. The Hall–Kier alpha value is -2.67. The predicted molar refractivity (Wildman–Crippen MR) is 94.3 cm³/mol. The maximum Gasteiger partial charge on any atom is 0.337 e. The Morgan fingerprint density at radius 1 is 1.28 bits per heavy atom. The van der Waals surface area contributed by atoms with Gasteiger partial charge >= 0.3 is 18.1 Å². The number of alkyl halides is 3. The summed E-state index contributed by atoms with van der Waals surface area (Å²) in [6.45, 7) is 1.09. The monoisotopic (exact) mass is 431 g/mol. The number of aromatic nitrogens is 4. The molecule has 1 aliphatic carbocycles. The number of nitrogens with zero attached hydrogens (tertiary/aromatic N) is 4. The average Bonchev–Trinajstić information content (AvgIpc) is 3.15. The van der Waals surface area contributed by atoms with E-state index in [9.17, 15) is 26.4 Å². The SMILES string of the molecule is CCn1c(=O)n(-c2nnc(C(F)F)o2)c2cc(S(=O)(=O)NC3(CF)CC3)ccc21. The smallest absolute Gasteiger partial charge is 0.337 e. The van der Waals surface area contributed by atoms with E-state index in [-0.39, 0.29) is 17.0 Å². The third-order valence-corrected chi connectivity index (χ3v) is 6.37. The number of rotatable bonds is 7. The number of halogens is 3. The van der Waals surface area contributed by atoms with Crippen LogP contribution in [-0.4, -0.2) is 40.0 Å². The lowest BCUT2D eigenvalue weighted by molar-refractivity contribution is 0.115. The molecule has 0 bridgehead atoms. The fraction of sp³-hybridized carbons (Fsp3) is 0.438. The summed E-state index contributed by atoms with van der Waals surface area (Å²) in [7, 11) is -4.08. The summed E-state index contributed by atoms with van der Waals surface area (Å²) in [6.07, 6.45) is -2.25. The van der Waals surface area contributed by atoms with Crippen LogP contribution < -0.4 is 10.4 Å². The zero-order chi connectivity index (χ0) is 21.0. The summed E-state index contributed by atoms with van der Waals surface area (Å²) in [6, 6.07) is 3.37. The van der Waals surface area contributed by atoms with Gasteiger partial charge in [0.25, 0.3) is 5.89 Å². The minimum Gasteiger partial charge on any atom is -0.401 e. The average molecular weight is 431 g/mol. The van der Waals surface area contributed by atoms with Crippen LogP contribution in [0, 0.1) is 0 Å². The number of hydrogen-bond donors (Lipinski definition) is 1. The first-order valence-electron chi connectivity index (χ1n) is 8.68. The third-order valence-electron chi connectivity index (χ3n) is 4.80. The van der Waals surface area contributed by atoms with Gasteiger partial charge in [0.2, 0.25) is 10.0 Å². The largest absolute Gasteiger partial charge is 0.401 e. The van der Waals surface area contributed by atoms with Gasteiger partial charge in [-0.1, -0.05) is 5.10 Å². The Kier molecular flexibility index (Phi) is 4.53. The first-order chi connectivity index (χ1) is 13.7. The van der Waals surface area contributed by atoms with Crippen molar-refractivity contribution in [3.8, 4) is 6.01 Å². The summed E-state index contributed by atoms with van der Waals surface area (Å²) < 4.78 is 73.4. The molecule has 0 spiro atoms. The fourth-order valence-corrected chi connectivity index (χ4v) is 4.52. The maximum absolute atomic E-state index is 13.1. The molecule has 4 rings (SSSR count). The van der Waals surface area contributed by atoms with E-state index >= 15 is 0 Å². The second-order valence-electron chi connectivity index (χ2n) is 6.76. The van der Waals surface area contributed by atoms with E-state index in [1.54, 1.807) is 6.92 Å². The highest BCUT2D eigenvalue weighted by Gasteiger charge is 2.46. The molecule has 156 valence electrons. The molecule has 0 amide bonds. The first-order valence-corrected chi connectivity index (χ1v) is 10.2. The lowest BCUT2D eigenvalue weighted by atomic mass is 10.3. The zero-order valence-electron chi connectivity index (χ0n) is 15.1.